The van der Waals surface area contributed by atoms with Crippen LogP contribution in [-0.4, -0.2) is 19.6 Å². The molecule has 14 heavy (non-hydrogen) atoms. The van der Waals surface area contributed by atoms with Gasteiger partial charge in [-0.2, -0.15) is 5.10 Å². The van der Waals surface area contributed by atoms with Crippen molar-refractivity contribution >= 4 is 17.7 Å². The molecule has 0 aliphatic rings. The molecule has 0 saturated carbocycles. The lowest BCUT2D eigenvalue weighted by Gasteiger charge is -1.97. The molecule has 0 spiro atoms. The van der Waals surface area contributed by atoms with Crippen molar-refractivity contribution < 1.29 is 0 Å². The van der Waals surface area contributed by atoms with Crippen LogP contribution in [0.15, 0.2) is 6.20 Å². The third kappa shape index (κ3) is 1.33. The van der Waals surface area contributed by atoms with E-state index in [2.05, 4.69) is 22.1 Å². The van der Waals surface area contributed by atoms with E-state index < -0.39 is 0 Å². The Bertz CT molecular complexity index is 511. The third-order valence-corrected chi connectivity index (χ3v) is 2.46. The zero-order chi connectivity index (χ0) is 10.1. The molecule has 0 aromatic carbocycles. The molecule has 0 atom stereocenters. The van der Waals surface area contributed by atoms with Crippen molar-refractivity contribution in [2.75, 3.05) is 0 Å². The average molecular weight is 208 g/mol. The normalized spacial score (nSPS) is 11.0. The monoisotopic (exact) mass is 208 g/mol. The van der Waals surface area contributed by atoms with E-state index in [1.807, 2.05) is 11.3 Å². The summed E-state index contributed by atoms with van der Waals surface area (Å²) in [5, 5.41) is 6.73. The maximum Gasteiger partial charge on any atom is 0.199 e. The second-order valence-electron chi connectivity index (χ2n) is 3.26. The van der Waals surface area contributed by atoms with Crippen molar-refractivity contribution in [3.05, 3.63) is 22.5 Å². The molecule has 0 aliphatic heterocycles. The van der Waals surface area contributed by atoms with Crippen LogP contribution in [0.25, 0.3) is 5.52 Å². The van der Waals surface area contributed by atoms with Crippen LogP contribution in [0.3, 0.4) is 0 Å². The van der Waals surface area contributed by atoms with Gasteiger partial charge < -0.3 is 0 Å². The fraction of sp³-hybridized carbons (Fsp3) is 0.444. The first-order chi connectivity index (χ1) is 6.74. The van der Waals surface area contributed by atoms with Gasteiger partial charge in [-0.3, -0.25) is 9.50 Å². The van der Waals surface area contributed by atoms with E-state index in [-0.39, 0.29) is 0 Å². The molecule has 0 unspecified atom stereocenters. The lowest BCUT2D eigenvalue weighted by molar-refractivity contribution is 0.801. The molecule has 2 rings (SSSR count). The third-order valence-electron chi connectivity index (χ3n) is 2.19. The van der Waals surface area contributed by atoms with Gasteiger partial charge in [-0.1, -0.05) is 6.92 Å². The Balaban J connectivity index is 2.79. The fourth-order valence-corrected chi connectivity index (χ4v) is 1.83. The quantitative estimate of drug-likeness (QED) is 0.768. The van der Waals surface area contributed by atoms with Crippen LogP contribution in [0.5, 0.6) is 0 Å². The number of rotatable bonds is 2. The molecular formula is C9H12N4S. The van der Waals surface area contributed by atoms with Crippen LogP contribution in [0.4, 0.5) is 0 Å². The summed E-state index contributed by atoms with van der Waals surface area (Å²) < 4.78 is 2.58. The lowest BCUT2D eigenvalue weighted by Crippen LogP contribution is -1.98. The van der Waals surface area contributed by atoms with E-state index in [1.165, 1.54) is 0 Å². The minimum absolute atomic E-state index is 0.617. The number of hydrogen-bond acceptors (Lipinski definition) is 3. The summed E-state index contributed by atoms with van der Waals surface area (Å²) in [5.41, 5.74) is 1.98. The van der Waals surface area contributed by atoms with E-state index in [1.54, 1.807) is 6.20 Å². The number of aryl methyl sites for hydroxylation is 2. The predicted molar refractivity (Wildman–Crippen MR) is 56.9 cm³/mol. The second-order valence-corrected chi connectivity index (χ2v) is 3.65. The predicted octanol–water partition coefficient (Wildman–Crippen LogP) is 2.05. The SMILES string of the molecule is CCCc1nc(C)c2cn[nH]c(=S)n12. The van der Waals surface area contributed by atoms with E-state index >= 15 is 0 Å². The van der Waals surface area contributed by atoms with E-state index in [0.717, 1.165) is 29.9 Å². The number of aromatic amines is 1. The summed E-state index contributed by atoms with van der Waals surface area (Å²) in [6, 6.07) is 0. The van der Waals surface area contributed by atoms with Crippen LogP contribution in [0.2, 0.25) is 0 Å². The number of H-pyrrole nitrogens is 1. The lowest BCUT2D eigenvalue weighted by atomic mass is 10.3. The number of nitrogens with zero attached hydrogens (tertiary/aromatic N) is 3. The summed E-state index contributed by atoms with van der Waals surface area (Å²) >= 11 is 5.17. The number of imidazole rings is 1. The first-order valence-electron chi connectivity index (χ1n) is 4.65. The van der Waals surface area contributed by atoms with Gasteiger partial charge in [0.25, 0.3) is 0 Å². The van der Waals surface area contributed by atoms with Crippen molar-refractivity contribution in [3.8, 4) is 0 Å². The van der Waals surface area contributed by atoms with Crippen molar-refractivity contribution in [2.45, 2.75) is 26.7 Å². The zero-order valence-corrected chi connectivity index (χ0v) is 9.06. The van der Waals surface area contributed by atoms with E-state index in [4.69, 9.17) is 12.2 Å². The highest BCUT2D eigenvalue weighted by molar-refractivity contribution is 7.71. The summed E-state index contributed by atoms with van der Waals surface area (Å²) in [6.45, 7) is 4.11. The Kier molecular flexibility index (Phi) is 2.33. The van der Waals surface area contributed by atoms with Gasteiger partial charge >= 0.3 is 0 Å². The van der Waals surface area contributed by atoms with Crippen molar-refractivity contribution in [1.29, 1.82) is 0 Å². The van der Waals surface area contributed by atoms with Crippen molar-refractivity contribution in [2.24, 2.45) is 0 Å². The summed E-state index contributed by atoms with van der Waals surface area (Å²) in [7, 11) is 0. The van der Waals surface area contributed by atoms with Gasteiger partial charge in [0.05, 0.1) is 17.4 Å². The molecule has 0 amide bonds. The minimum atomic E-state index is 0.617. The highest BCUT2D eigenvalue weighted by atomic mass is 32.1. The second kappa shape index (κ2) is 3.49. The highest BCUT2D eigenvalue weighted by Crippen LogP contribution is 2.12. The molecule has 0 bridgehead atoms. The molecule has 74 valence electrons. The zero-order valence-electron chi connectivity index (χ0n) is 8.24. The van der Waals surface area contributed by atoms with Gasteiger partial charge in [0, 0.05) is 6.42 Å². The van der Waals surface area contributed by atoms with Gasteiger partial charge in [-0.05, 0) is 25.6 Å². The standard InChI is InChI=1S/C9H12N4S/c1-3-4-8-11-6(2)7-5-10-12-9(14)13(7)8/h5H,3-4H2,1-2H3,(H,12,14). The fourth-order valence-electron chi connectivity index (χ4n) is 1.57. The average Bonchev–Trinajstić information content (AvgIpc) is 2.46. The maximum absolute atomic E-state index is 5.17. The van der Waals surface area contributed by atoms with Gasteiger partial charge in [-0.15, -0.1) is 0 Å². The molecule has 2 heterocycles. The van der Waals surface area contributed by atoms with Crippen molar-refractivity contribution in [1.82, 2.24) is 19.6 Å². The Morgan fingerprint density at radius 2 is 2.36 bits per heavy atom. The molecule has 5 heteroatoms. The van der Waals surface area contributed by atoms with E-state index in [0.29, 0.717) is 4.77 Å². The summed E-state index contributed by atoms with van der Waals surface area (Å²) in [5.74, 6) is 1.02. The van der Waals surface area contributed by atoms with Crippen LogP contribution in [-0.2, 0) is 6.42 Å². The molecule has 2 aromatic rings. The molecule has 1 N–H and O–H groups in total. The number of nitrogens with one attached hydrogen (secondary N) is 1. The topological polar surface area (TPSA) is 46.0 Å². The first-order valence-corrected chi connectivity index (χ1v) is 5.06. The smallest absolute Gasteiger partial charge is 0.199 e. The summed E-state index contributed by atoms with van der Waals surface area (Å²) in [4.78, 5) is 4.48. The molecular weight excluding hydrogens is 196 g/mol. The maximum atomic E-state index is 5.17. The molecule has 0 saturated heterocycles. The molecule has 2 aromatic heterocycles. The van der Waals surface area contributed by atoms with Crippen LogP contribution in [0, 0.1) is 11.7 Å². The molecule has 0 fully saturated rings. The van der Waals surface area contributed by atoms with Gasteiger partial charge in [0.15, 0.2) is 4.77 Å². The first kappa shape index (κ1) is 9.33. The number of fused-ring (bicyclic) bond motifs is 1. The van der Waals surface area contributed by atoms with Gasteiger partial charge in [0.2, 0.25) is 0 Å². The van der Waals surface area contributed by atoms with E-state index in [9.17, 15) is 0 Å². The minimum Gasteiger partial charge on any atom is -0.270 e. The van der Waals surface area contributed by atoms with Gasteiger partial charge in [0.1, 0.15) is 5.82 Å². The molecule has 0 radical (unpaired) electrons. The number of aromatic nitrogens is 4. The Morgan fingerprint density at radius 1 is 1.57 bits per heavy atom. The number of hydrogen-bond donors (Lipinski definition) is 1. The molecule has 4 nitrogen and oxygen atoms in total. The summed E-state index contributed by atoms with van der Waals surface area (Å²) in [6.07, 6.45) is 3.77. The van der Waals surface area contributed by atoms with Crippen LogP contribution < -0.4 is 0 Å². The largest absolute Gasteiger partial charge is 0.270 e. The Hall–Kier alpha value is -1.23. The van der Waals surface area contributed by atoms with Gasteiger partial charge in [-0.25, -0.2) is 4.98 Å². The highest BCUT2D eigenvalue weighted by Gasteiger charge is 2.07. The molecule has 0 aliphatic carbocycles. The van der Waals surface area contributed by atoms with Crippen LogP contribution >= 0.6 is 12.2 Å². The Morgan fingerprint density at radius 3 is 3.07 bits per heavy atom. The Labute approximate surface area is 87.0 Å². The van der Waals surface area contributed by atoms with Crippen LogP contribution in [0.1, 0.15) is 24.9 Å². The van der Waals surface area contributed by atoms with Crippen molar-refractivity contribution in [3.63, 3.8) is 0 Å².